The summed E-state index contributed by atoms with van der Waals surface area (Å²) in [7, 11) is 2.81. The van der Waals surface area contributed by atoms with Gasteiger partial charge >= 0.3 is 18.1 Å². The van der Waals surface area contributed by atoms with Gasteiger partial charge in [0.2, 0.25) is 0 Å². The van der Waals surface area contributed by atoms with E-state index < -0.39 is 24.1 Å². The third kappa shape index (κ3) is 6.12. The van der Waals surface area contributed by atoms with E-state index in [-0.39, 0.29) is 19.4 Å². The van der Waals surface area contributed by atoms with Gasteiger partial charge in [0.15, 0.2) is 0 Å². The molecule has 9 heteroatoms. The number of hydrogen-bond acceptors (Lipinski definition) is 5. The highest BCUT2D eigenvalue weighted by Crippen LogP contribution is 2.30. The average Bonchev–Trinajstić information content (AvgIpc) is 2.54. The van der Waals surface area contributed by atoms with Crippen molar-refractivity contribution in [2.75, 3.05) is 20.8 Å². The fraction of sp³-hybridized carbons (Fsp3) is 0.529. The molecule has 0 heterocycles. The van der Waals surface area contributed by atoms with Gasteiger partial charge in [0.25, 0.3) is 0 Å². The van der Waals surface area contributed by atoms with Crippen LogP contribution in [0.4, 0.5) is 13.2 Å². The number of amides is 1. The van der Waals surface area contributed by atoms with Crippen LogP contribution in [-0.2, 0) is 27.2 Å². The normalized spacial score (nSPS) is 12.3. The van der Waals surface area contributed by atoms with Crippen LogP contribution in [0, 0.1) is 0 Å². The van der Waals surface area contributed by atoms with Gasteiger partial charge in [-0.05, 0) is 38.0 Å². The first kappa shape index (κ1) is 21.6. The van der Waals surface area contributed by atoms with E-state index >= 15 is 0 Å². The minimum atomic E-state index is -4.94. The molecule has 0 saturated carbocycles. The Morgan fingerprint density at radius 3 is 2.15 bits per heavy atom. The van der Waals surface area contributed by atoms with Crippen molar-refractivity contribution in [3.63, 3.8) is 0 Å². The molecule has 1 rings (SSSR count). The molecule has 0 fully saturated rings. The smallest absolute Gasteiger partial charge is 0.471 e. The van der Waals surface area contributed by atoms with Crippen molar-refractivity contribution in [2.24, 2.45) is 0 Å². The maximum Gasteiger partial charge on any atom is 0.471 e. The van der Waals surface area contributed by atoms with Gasteiger partial charge in [-0.15, -0.1) is 0 Å². The average molecular weight is 377 g/mol. The minimum Gasteiger partial charge on any atom is -0.496 e. The predicted octanol–water partition coefficient (Wildman–Crippen LogP) is 2.42. The van der Waals surface area contributed by atoms with Gasteiger partial charge in [-0.3, -0.25) is 9.59 Å². The second-order valence-electron chi connectivity index (χ2n) is 5.53. The molecule has 0 radical (unpaired) electrons. The number of halogens is 3. The Bertz CT molecular complexity index is 646. The number of rotatable bonds is 8. The molecule has 146 valence electrons. The Morgan fingerprint density at radius 2 is 1.65 bits per heavy atom. The first-order valence-corrected chi connectivity index (χ1v) is 7.89. The van der Waals surface area contributed by atoms with E-state index in [1.54, 1.807) is 19.1 Å². The highest BCUT2D eigenvalue weighted by molar-refractivity contribution is 5.82. The molecule has 1 N–H and O–H groups in total. The number of alkyl halides is 3. The zero-order valence-corrected chi connectivity index (χ0v) is 15.0. The van der Waals surface area contributed by atoms with Crippen molar-refractivity contribution in [3.8, 4) is 11.5 Å². The van der Waals surface area contributed by atoms with Crippen LogP contribution in [-0.4, -0.2) is 44.9 Å². The summed E-state index contributed by atoms with van der Waals surface area (Å²) in [5.41, 5.74) is 1.06. The summed E-state index contributed by atoms with van der Waals surface area (Å²) in [5.74, 6) is -1.69. The molecular weight excluding hydrogens is 355 g/mol. The molecule has 1 aromatic carbocycles. The van der Waals surface area contributed by atoms with Crippen molar-refractivity contribution in [1.82, 2.24) is 5.32 Å². The zero-order valence-electron chi connectivity index (χ0n) is 15.0. The van der Waals surface area contributed by atoms with Gasteiger partial charge in [-0.1, -0.05) is 0 Å². The predicted molar refractivity (Wildman–Crippen MR) is 87.2 cm³/mol. The lowest BCUT2D eigenvalue weighted by Crippen LogP contribution is -2.42. The van der Waals surface area contributed by atoms with E-state index in [9.17, 15) is 22.8 Å². The van der Waals surface area contributed by atoms with Crippen molar-refractivity contribution in [2.45, 2.75) is 38.9 Å². The lowest BCUT2D eigenvalue weighted by molar-refractivity contribution is -0.174. The number of benzene rings is 1. The van der Waals surface area contributed by atoms with Crippen LogP contribution < -0.4 is 14.8 Å². The summed E-state index contributed by atoms with van der Waals surface area (Å²) in [6.45, 7) is 3.38. The standard InChI is InChI=1S/C17H22F3NO5/c1-5-26-15(22)9-12-8-13(24-3)11(7-14(12)25-4)6-10(2)21-16(23)17(18,19)20/h7-8,10H,5-6,9H2,1-4H3,(H,21,23). The van der Waals surface area contributed by atoms with Gasteiger partial charge in [-0.25, -0.2) is 0 Å². The highest BCUT2D eigenvalue weighted by atomic mass is 19.4. The van der Waals surface area contributed by atoms with Crippen LogP contribution in [0.5, 0.6) is 11.5 Å². The quantitative estimate of drug-likeness (QED) is 0.705. The van der Waals surface area contributed by atoms with Crippen LogP contribution in [0.25, 0.3) is 0 Å². The van der Waals surface area contributed by atoms with Gasteiger partial charge in [0.1, 0.15) is 11.5 Å². The van der Waals surface area contributed by atoms with E-state index in [4.69, 9.17) is 14.2 Å². The van der Waals surface area contributed by atoms with Gasteiger partial charge in [0, 0.05) is 11.6 Å². The molecule has 0 aliphatic carbocycles. The van der Waals surface area contributed by atoms with Gasteiger partial charge in [0.05, 0.1) is 27.2 Å². The van der Waals surface area contributed by atoms with E-state index in [0.29, 0.717) is 22.6 Å². The molecule has 0 aliphatic heterocycles. The van der Waals surface area contributed by atoms with Crippen LogP contribution in [0.1, 0.15) is 25.0 Å². The second kappa shape index (κ2) is 9.30. The van der Waals surface area contributed by atoms with Crippen molar-refractivity contribution >= 4 is 11.9 Å². The Morgan fingerprint density at radius 1 is 1.12 bits per heavy atom. The number of nitrogens with one attached hydrogen (secondary N) is 1. The molecule has 1 unspecified atom stereocenters. The molecule has 1 aromatic rings. The largest absolute Gasteiger partial charge is 0.496 e. The van der Waals surface area contributed by atoms with Crippen molar-refractivity contribution < 1.29 is 37.0 Å². The fourth-order valence-corrected chi connectivity index (χ4v) is 2.38. The Hall–Kier alpha value is -2.45. The third-order valence-corrected chi connectivity index (χ3v) is 3.48. The topological polar surface area (TPSA) is 73.9 Å². The second-order valence-corrected chi connectivity index (χ2v) is 5.53. The summed E-state index contributed by atoms with van der Waals surface area (Å²) >= 11 is 0. The Kier molecular flexibility index (Phi) is 7.73. The Labute approximate surface area is 149 Å². The summed E-state index contributed by atoms with van der Waals surface area (Å²) < 4.78 is 52.5. The molecule has 6 nitrogen and oxygen atoms in total. The SMILES string of the molecule is CCOC(=O)Cc1cc(OC)c(CC(C)NC(=O)C(F)(F)F)cc1OC. The minimum absolute atomic E-state index is 0.0337. The van der Waals surface area contributed by atoms with E-state index in [0.717, 1.165) is 0 Å². The molecule has 0 aromatic heterocycles. The molecule has 1 amide bonds. The number of ether oxygens (including phenoxy) is 3. The number of esters is 1. The van der Waals surface area contributed by atoms with Gasteiger partial charge < -0.3 is 19.5 Å². The molecule has 0 spiro atoms. The maximum absolute atomic E-state index is 12.3. The Balaban J connectivity index is 3.01. The first-order valence-electron chi connectivity index (χ1n) is 7.89. The summed E-state index contributed by atoms with van der Waals surface area (Å²) in [5, 5.41) is 1.89. The number of carbonyl (C=O) groups excluding carboxylic acids is 2. The summed E-state index contributed by atoms with van der Waals surface area (Å²) in [6.07, 6.45) is -4.89. The van der Waals surface area contributed by atoms with Crippen molar-refractivity contribution in [3.05, 3.63) is 23.3 Å². The molecular formula is C17H22F3NO5. The van der Waals surface area contributed by atoms with Crippen LogP contribution >= 0.6 is 0 Å². The monoisotopic (exact) mass is 377 g/mol. The fourth-order valence-electron chi connectivity index (χ4n) is 2.38. The first-order chi connectivity index (χ1) is 12.1. The number of hydrogen-bond donors (Lipinski definition) is 1. The van der Waals surface area contributed by atoms with E-state index in [2.05, 4.69) is 0 Å². The maximum atomic E-state index is 12.3. The molecule has 0 aliphatic rings. The summed E-state index contributed by atoms with van der Waals surface area (Å²) in [4.78, 5) is 22.7. The van der Waals surface area contributed by atoms with E-state index in [1.807, 2.05) is 5.32 Å². The number of methoxy groups -OCH3 is 2. The lowest BCUT2D eigenvalue weighted by atomic mass is 10.0. The highest BCUT2D eigenvalue weighted by Gasteiger charge is 2.39. The number of carbonyl (C=O) groups is 2. The third-order valence-electron chi connectivity index (χ3n) is 3.48. The summed E-state index contributed by atoms with van der Waals surface area (Å²) in [6, 6.07) is 2.35. The van der Waals surface area contributed by atoms with Gasteiger partial charge in [-0.2, -0.15) is 13.2 Å². The molecule has 26 heavy (non-hydrogen) atoms. The molecule has 0 saturated heterocycles. The van der Waals surface area contributed by atoms with Crippen molar-refractivity contribution in [1.29, 1.82) is 0 Å². The molecule has 0 bridgehead atoms. The molecule has 1 atom stereocenters. The van der Waals surface area contributed by atoms with Crippen LogP contribution in [0.2, 0.25) is 0 Å². The van der Waals surface area contributed by atoms with E-state index in [1.165, 1.54) is 21.1 Å². The zero-order chi connectivity index (χ0) is 19.9. The van der Waals surface area contributed by atoms with Crippen LogP contribution in [0.3, 0.4) is 0 Å². The lowest BCUT2D eigenvalue weighted by Gasteiger charge is -2.19. The van der Waals surface area contributed by atoms with Crippen LogP contribution in [0.15, 0.2) is 12.1 Å².